The molecular formula is C31H33ClFN3O7S3. The first-order valence-electron chi connectivity index (χ1n) is 14.9. The van der Waals surface area contributed by atoms with Crippen molar-refractivity contribution in [2.24, 2.45) is 0 Å². The number of nitrogens with zero attached hydrogens (tertiary/aromatic N) is 1. The number of fused-ring (bicyclic) bond motifs is 4. The van der Waals surface area contributed by atoms with Gasteiger partial charge < -0.3 is 5.32 Å². The maximum Gasteiger partial charge on any atom is 0.243 e. The maximum absolute atomic E-state index is 14.4. The van der Waals surface area contributed by atoms with Crippen LogP contribution >= 0.6 is 11.6 Å². The zero-order valence-corrected chi connectivity index (χ0v) is 28.1. The Balaban J connectivity index is 1.25. The highest BCUT2D eigenvalue weighted by molar-refractivity contribution is 7.92. The molecule has 10 nitrogen and oxygen atoms in total. The normalized spacial score (nSPS) is 19.7. The monoisotopic (exact) mass is 709 g/mol. The molecule has 1 saturated heterocycles. The molecule has 3 aromatic carbocycles. The van der Waals surface area contributed by atoms with Crippen LogP contribution in [0.3, 0.4) is 0 Å². The molecule has 2 N–H and O–H groups in total. The van der Waals surface area contributed by atoms with E-state index in [-0.39, 0.29) is 51.5 Å². The van der Waals surface area contributed by atoms with Crippen LogP contribution < -0.4 is 10.0 Å². The second-order valence-corrected chi connectivity index (χ2v) is 18.0. The predicted molar refractivity (Wildman–Crippen MR) is 170 cm³/mol. The summed E-state index contributed by atoms with van der Waals surface area (Å²) in [5.74, 6) is -0.983. The number of carbonyl (C=O) groups is 1. The van der Waals surface area contributed by atoms with E-state index in [1.54, 1.807) is 0 Å². The van der Waals surface area contributed by atoms with Crippen LogP contribution in [0.5, 0.6) is 0 Å². The van der Waals surface area contributed by atoms with Crippen molar-refractivity contribution in [1.29, 1.82) is 0 Å². The molecule has 15 heteroatoms. The van der Waals surface area contributed by atoms with E-state index in [2.05, 4.69) is 10.0 Å². The summed E-state index contributed by atoms with van der Waals surface area (Å²) in [6.45, 7) is 1.43. The van der Waals surface area contributed by atoms with Gasteiger partial charge in [0.25, 0.3) is 0 Å². The summed E-state index contributed by atoms with van der Waals surface area (Å²) in [7, 11) is -12.5. The van der Waals surface area contributed by atoms with Crippen LogP contribution in [0.25, 0.3) is 0 Å². The van der Waals surface area contributed by atoms with Crippen LogP contribution in [0.1, 0.15) is 63.0 Å². The zero-order chi connectivity index (χ0) is 33.1. The average Bonchev–Trinajstić information content (AvgIpc) is 3.00. The number of halogens is 2. The quantitative estimate of drug-likeness (QED) is 0.368. The number of benzene rings is 3. The fourth-order valence-corrected chi connectivity index (χ4v) is 12.2. The number of piperidine rings is 1. The Hall–Kier alpha value is -2.88. The molecule has 6 rings (SSSR count). The Morgan fingerprint density at radius 3 is 2.17 bits per heavy atom. The number of carbonyl (C=O) groups excluding carboxylic acids is 1. The molecule has 0 atom stereocenters. The van der Waals surface area contributed by atoms with E-state index in [0.29, 0.717) is 29.7 Å². The van der Waals surface area contributed by atoms with Crippen LogP contribution in [0, 0.1) is 5.82 Å². The third-order valence-corrected chi connectivity index (χ3v) is 14.9. The van der Waals surface area contributed by atoms with Crippen molar-refractivity contribution in [3.8, 4) is 0 Å². The van der Waals surface area contributed by atoms with Crippen molar-refractivity contribution >= 4 is 53.1 Å². The summed E-state index contributed by atoms with van der Waals surface area (Å²) in [6.07, 6.45) is 4.19. The van der Waals surface area contributed by atoms with Crippen molar-refractivity contribution in [2.45, 2.75) is 82.9 Å². The largest absolute Gasteiger partial charge is 0.326 e. The SMILES string of the molecule is CC(=O)Nc1ccc(S(=O)(=O)N2CCC(NS(=O)(=O)c3cc4c(cc3Cl)C3(CCCCC3)c3ccc(F)cc3S4(=O)=O)CC2)cc1. The molecule has 0 bridgehead atoms. The highest BCUT2D eigenvalue weighted by Crippen LogP contribution is 2.54. The summed E-state index contributed by atoms with van der Waals surface area (Å²) < 4.78 is 99.7. The van der Waals surface area contributed by atoms with Gasteiger partial charge in [-0.25, -0.2) is 34.4 Å². The molecule has 0 radical (unpaired) electrons. The number of sulfone groups is 1. The molecule has 3 aliphatic rings. The highest BCUT2D eigenvalue weighted by Gasteiger charge is 2.48. The number of amides is 1. The summed E-state index contributed by atoms with van der Waals surface area (Å²) >= 11 is 6.62. The van der Waals surface area contributed by atoms with Gasteiger partial charge in [0, 0.05) is 37.2 Å². The van der Waals surface area contributed by atoms with Crippen LogP contribution in [0.2, 0.25) is 5.02 Å². The van der Waals surface area contributed by atoms with Gasteiger partial charge in [-0.1, -0.05) is 36.9 Å². The highest BCUT2D eigenvalue weighted by atomic mass is 35.5. The summed E-state index contributed by atoms with van der Waals surface area (Å²) in [6, 6.07) is 11.4. The van der Waals surface area contributed by atoms with Gasteiger partial charge in [0.2, 0.25) is 35.8 Å². The van der Waals surface area contributed by atoms with Crippen molar-refractivity contribution in [3.63, 3.8) is 0 Å². The van der Waals surface area contributed by atoms with E-state index in [4.69, 9.17) is 11.6 Å². The molecular weight excluding hydrogens is 677 g/mol. The molecule has 2 heterocycles. The number of nitrogens with one attached hydrogen (secondary N) is 2. The van der Waals surface area contributed by atoms with Gasteiger partial charge in [-0.15, -0.1) is 0 Å². The average molecular weight is 710 g/mol. The molecule has 1 aliphatic carbocycles. The summed E-state index contributed by atoms with van der Waals surface area (Å²) in [5, 5.41) is 2.46. The van der Waals surface area contributed by atoms with Crippen LogP contribution in [-0.4, -0.2) is 54.6 Å². The van der Waals surface area contributed by atoms with Gasteiger partial charge in [0.15, 0.2) is 0 Å². The molecule has 0 unspecified atom stereocenters. The van der Waals surface area contributed by atoms with E-state index in [9.17, 15) is 34.4 Å². The lowest BCUT2D eigenvalue weighted by Crippen LogP contribution is -2.46. The van der Waals surface area contributed by atoms with Crippen molar-refractivity contribution in [3.05, 3.63) is 76.6 Å². The smallest absolute Gasteiger partial charge is 0.243 e. The third-order valence-electron chi connectivity index (χ3n) is 9.17. The van der Waals surface area contributed by atoms with Crippen molar-refractivity contribution in [1.82, 2.24) is 9.03 Å². The Labute approximate surface area is 273 Å². The van der Waals surface area contributed by atoms with Gasteiger partial charge in [0.05, 0.1) is 19.7 Å². The first-order chi connectivity index (χ1) is 21.6. The number of hydrogen-bond acceptors (Lipinski definition) is 7. The number of anilines is 1. The van der Waals surface area contributed by atoms with E-state index in [0.717, 1.165) is 31.4 Å². The van der Waals surface area contributed by atoms with E-state index >= 15 is 0 Å². The van der Waals surface area contributed by atoms with Gasteiger partial charge in [-0.05, 0) is 85.3 Å². The Kier molecular flexibility index (Phi) is 8.60. The Morgan fingerprint density at radius 2 is 1.54 bits per heavy atom. The molecule has 46 heavy (non-hydrogen) atoms. The van der Waals surface area contributed by atoms with Crippen molar-refractivity contribution in [2.75, 3.05) is 18.4 Å². The molecule has 0 aromatic heterocycles. The van der Waals surface area contributed by atoms with Gasteiger partial charge >= 0.3 is 0 Å². The lowest BCUT2D eigenvalue weighted by molar-refractivity contribution is -0.114. The third kappa shape index (κ3) is 5.77. The molecule has 2 fully saturated rings. The predicted octanol–water partition coefficient (Wildman–Crippen LogP) is 4.97. The lowest BCUT2D eigenvalue weighted by Gasteiger charge is -2.43. The second kappa shape index (κ2) is 12.0. The fraction of sp³-hybridized carbons (Fsp3) is 0.387. The zero-order valence-electron chi connectivity index (χ0n) is 24.9. The molecule has 1 saturated carbocycles. The van der Waals surface area contributed by atoms with E-state index in [1.165, 1.54) is 53.7 Å². The summed E-state index contributed by atoms with van der Waals surface area (Å²) in [4.78, 5) is 10.6. The fourth-order valence-electron chi connectivity index (χ4n) is 6.97. The first kappa shape index (κ1) is 33.0. The minimum Gasteiger partial charge on any atom is -0.326 e. The standard InChI is InChI=1S/C31H33ClFN3O7S3/c1-20(37)34-22-6-8-24(9-7-22)46(42,43)36-15-11-23(12-16-36)35-45(40,41)30-19-29-26(18-27(30)32)31(13-3-2-4-14-31)25-10-5-21(33)17-28(25)44(29,38)39/h5-10,17-19,23,35H,2-4,11-16H2,1H3,(H,34,37). The van der Waals surface area contributed by atoms with E-state index in [1.807, 2.05) is 0 Å². The van der Waals surface area contributed by atoms with Crippen LogP contribution in [-0.2, 0) is 40.1 Å². The van der Waals surface area contributed by atoms with Crippen molar-refractivity contribution < 1.29 is 34.4 Å². The Morgan fingerprint density at radius 1 is 0.913 bits per heavy atom. The van der Waals surface area contributed by atoms with Crippen LogP contribution in [0.4, 0.5) is 10.1 Å². The van der Waals surface area contributed by atoms with Gasteiger partial charge in [-0.2, -0.15) is 4.31 Å². The minimum atomic E-state index is -4.34. The summed E-state index contributed by atoms with van der Waals surface area (Å²) in [5.41, 5.74) is 0.665. The number of sulfonamides is 2. The molecule has 3 aromatic rings. The molecule has 2 aliphatic heterocycles. The number of hydrogen-bond donors (Lipinski definition) is 2. The molecule has 1 spiro atoms. The lowest BCUT2D eigenvalue weighted by atomic mass is 9.65. The topological polar surface area (TPSA) is 147 Å². The van der Waals surface area contributed by atoms with Crippen LogP contribution in [0.15, 0.2) is 74.2 Å². The maximum atomic E-state index is 14.4. The van der Waals surface area contributed by atoms with Gasteiger partial charge in [0.1, 0.15) is 10.7 Å². The first-order valence-corrected chi connectivity index (χ1v) is 19.7. The molecule has 1 amide bonds. The van der Waals surface area contributed by atoms with Gasteiger partial charge in [-0.3, -0.25) is 4.79 Å². The minimum absolute atomic E-state index is 0.0416. The second-order valence-electron chi connectivity index (χ2n) is 12.1. The molecule has 246 valence electrons. The number of rotatable bonds is 6. The van der Waals surface area contributed by atoms with E-state index < -0.39 is 52.1 Å². The Bertz CT molecular complexity index is 2040.